The van der Waals surface area contributed by atoms with Crippen molar-refractivity contribution in [1.29, 1.82) is 0 Å². The molecule has 0 aromatic heterocycles. The molecule has 0 heterocycles. The van der Waals surface area contributed by atoms with E-state index in [9.17, 15) is 0 Å². The fourth-order valence-corrected chi connectivity index (χ4v) is 2.54. The van der Waals surface area contributed by atoms with Crippen molar-refractivity contribution in [2.75, 3.05) is 20.2 Å². The molecule has 0 spiro atoms. The number of nitrogens with one attached hydrogen (secondary N) is 1. The van der Waals surface area contributed by atoms with Crippen molar-refractivity contribution in [1.82, 2.24) is 5.32 Å². The van der Waals surface area contributed by atoms with Gasteiger partial charge in [0.05, 0.1) is 6.10 Å². The lowest BCUT2D eigenvalue weighted by atomic mass is 9.75. The van der Waals surface area contributed by atoms with Crippen LogP contribution in [0.4, 0.5) is 0 Å². The van der Waals surface area contributed by atoms with E-state index in [1.165, 1.54) is 32.1 Å². The van der Waals surface area contributed by atoms with Crippen LogP contribution in [-0.2, 0) is 4.74 Å². The maximum Gasteiger partial charge on any atom is 0.0667 e. The van der Waals surface area contributed by atoms with Crippen LogP contribution in [0.15, 0.2) is 0 Å². The van der Waals surface area contributed by atoms with Crippen LogP contribution in [0.2, 0.25) is 0 Å². The van der Waals surface area contributed by atoms with Crippen molar-refractivity contribution in [2.24, 2.45) is 11.7 Å². The molecule has 3 nitrogen and oxygen atoms in total. The van der Waals surface area contributed by atoms with Crippen LogP contribution in [0.3, 0.4) is 0 Å². The van der Waals surface area contributed by atoms with Crippen LogP contribution in [0, 0.1) is 5.92 Å². The Hall–Kier alpha value is -0.120. The van der Waals surface area contributed by atoms with Gasteiger partial charge in [-0.2, -0.15) is 0 Å². The summed E-state index contributed by atoms with van der Waals surface area (Å²) in [6.07, 6.45) is 6.67. The van der Waals surface area contributed by atoms with Crippen LogP contribution in [-0.4, -0.2) is 31.8 Å². The van der Waals surface area contributed by atoms with Gasteiger partial charge in [0.2, 0.25) is 0 Å². The highest BCUT2D eigenvalue weighted by molar-refractivity contribution is 4.93. The summed E-state index contributed by atoms with van der Waals surface area (Å²) in [5.41, 5.74) is 6.13. The normalized spacial score (nSPS) is 32.6. The predicted octanol–water partition coefficient (Wildman–Crippen LogP) is 1.91. The van der Waals surface area contributed by atoms with E-state index in [0.29, 0.717) is 0 Å². The monoisotopic (exact) mass is 228 g/mol. The molecule has 1 aliphatic rings. The molecule has 1 aliphatic carbocycles. The maximum atomic E-state index is 5.95. The van der Waals surface area contributed by atoms with E-state index >= 15 is 0 Å². The molecule has 1 fully saturated rings. The summed E-state index contributed by atoms with van der Waals surface area (Å²) in [4.78, 5) is 0. The molecule has 0 aliphatic heterocycles. The van der Waals surface area contributed by atoms with Crippen LogP contribution in [0.1, 0.15) is 46.0 Å². The highest BCUT2D eigenvalue weighted by Crippen LogP contribution is 2.33. The fourth-order valence-electron chi connectivity index (χ4n) is 2.54. The molecule has 0 saturated heterocycles. The molecule has 0 aromatic rings. The van der Waals surface area contributed by atoms with Crippen LogP contribution in [0.5, 0.6) is 0 Å². The SMILES string of the molecule is CCC1CCC(CN)(NCC(C)OC)CC1. The summed E-state index contributed by atoms with van der Waals surface area (Å²) in [6, 6.07) is 0. The Labute approximate surface area is 100 Å². The van der Waals surface area contributed by atoms with Crippen molar-refractivity contribution in [3.05, 3.63) is 0 Å². The second-order valence-corrected chi connectivity index (χ2v) is 5.26. The van der Waals surface area contributed by atoms with Gasteiger partial charge in [-0.3, -0.25) is 0 Å². The largest absolute Gasteiger partial charge is 0.380 e. The molecule has 0 aromatic carbocycles. The zero-order chi connectivity index (χ0) is 12.0. The minimum Gasteiger partial charge on any atom is -0.380 e. The number of rotatable bonds is 6. The minimum atomic E-state index is 0.179. The Morgan fingerprint density at radius 1 is 1.44 bits per heavy atom. The molecule has 1 atom stereocenters. The van der Waals surface area contributed by atoms with Crippen molar-refractivity contribution in [3.8, 4) is 0 Å². The van der Waals surface area contributed by atoms with E-state index in [1.807, 2.05) is 0 Å². The maximum absolute atomic E-state index is 5.95. The van der Waals surface area contributed by atoms with Gasteiger partial charge in [0.15, 0.2) is 0 Å². The summed E-state index contributed by atoms with van der Waals surface area (Å²) < 4.78 is 5.27. The third-order valence-corrected chi connectivity index (χ3v) is 4.20. The Morgan fingerprint density at radius 2 is 2.06 bits per heavy atom. The summed E-state index contributed by atoms with van der Waals surface area (Å²) in [6.45, 7) is 6.04. The van der Waals surface area contributed by atoms with Gasteiger partial charge in [0.25, 0.3) is 0 Å². The zero-order valence-corrected chi connectivity index (χ0v) is 11.1. The van der Waals surface area contributed by atoms with Gasteiger partial charge in [-0.25, -0.2) is 0 Å². The molecular weight excluding hydrogens is 200 g/mol. The van der Waals surface area contributed by atoms with Crippen molar-refractivity contribution in [2.45, 2.75) is 57.6 Å². The van der Waals surface area contributed by atoms with Crippen molar-refractivity contribution in [3.63, 3.8) is 0 Å². The van der Waals surface area contributed by atoms with Gasteiger partial charge >= 0.3 is 0 Å². The summed E-state index contributed by atoms with van der Waals surface area (Å²) in [5, 5.41) is 3.63. The van der Waals surface area contributed by atoms with Gasteiger partial charge in [-0.05, 0) is 38.5 Å². The smallest absolute Gasteiger partial charge is 0.0667 e. The quantitative estimate of drug-likeness (QED) is 0.730. The highest BCUT2D eigenvalue weighted by Gasteiger charge is 2.33. The third-order valence-electron chi connectivity index (χ3n) is 4.20. The molecule has 1 saturated carbocycles. The average Bonchev–Trinajstić information content (AvgIpc) is 2.36. The Kier molecular flexibility index (Phi) is 5.73. The van der Waals surface area contributed by atoms with Crippen molar-refractivity contribution >= 4 is 0 Å². The van der Waals surface area contributed by atoms with Crippen LogP contribution < -0.4 is 11.1 Å². The lowest BCUT2D eigenvalue weighted by Gasteiger charge is -2.40. The fraction of sp³-hybridized carbons (Fsp3) is 1.00. The van der Waals surface area contributed by atoms with E-state index in [0.717, 1.165) is 19.0 Å². The van der Waals surface area contributed by atoms with Crippen LogP contribution >= 0.6 is 0 Å². The van der Waals surface area contributed by atoms with Gasteiger partial charge in [-0.1, -0.05) is 13.3 Å². The average molecular weight is 228 g/mol. The molecule has 16 heavy (non-hydrogen) atoms. The van der Waals surface area contributed by atoms with E-state index in [2.05, 4.69) is 19.2 Å². The minimum absolute atomic E-state index is 0.179. The van der Waals surface area contributed by atoms with Gasteiger partial charge in [0.1, 0.15) is 0 Å². The number of nitrogens with two attached hydrogens (primary N) is 1. The molecule has 3 N–H and O–H groups in total. The highest BCUT2D eigenvalue weighted by atomic mass is 16.5. The molecule has 0 bridgehead atoms. The zero-order valence-electron chi connectivity index (χ0n) is 11.1. The van der Waals surface area contributed by atoms with Crippen molar-refractivity contribution < 1.29 is 4.74 Å². The summed E-state index contributed by atoms with van der Waals surface area (Å²) in [7, 11) is 1.76. The van der Waals surface area contributed by atoms with Gasteiger partial charge in [0, 0.05) is 25.7 Å². The molecule has 3 heteroatoms. The Morgan fingerprint density at radius 3 is 2.50 bits per heavy atom. The molecular formula is C13H28N2O. The lowest BCUT2D eigenvalue weighted by Crippen LogP contribution is -2.55. The first-order valence-electron chi connectivity index (χ1n) is 6.63. The van der Waals surface area contributed by atoms with E-state index in [-0.39, 0.29) is 11.6 Å². The van der Waals surface area contributed by atoms with E-state index in [4.69, 9.17) is 10.5 Å². The van der Waals surface area contributed by atoms with E-state index < -0.39 is 0 Å². The summed E-state index contributed by atoms with van der Waals surface area (Å²) in [5.74, 6) is 0.918. The first-order valence-corrected chi connectivity index (χ1v) is 6.63. The molecule has 0 amide bonds. The predicted molar refractivity (Wildman–Crippen MR) is 68.5 cm³/mol. The lowest BCUT2D eigenvalue weighted by molar-refractivity contribution is 0.0965. The van der Waals surface area contributed by atoms with Gasteiger partial charge in [-0.15, -0.1) is 0 Å². The number of hydrogen-bond donors (Lipinski definition) is 2. The topological polar surface area (TPSA) is 47.3 Å². The second-order valence-electron chi connectivity index (χ2n) is 5.26. The molecule has 96 valence electrons. The first-order chi connectivity index (χ1) is 7.65. The van der Waals surface area contributed by atoms with Gasteiger partial charge < -0.3 is 15.8 Å². The van der Waals surface area contributed by atoms with E-state index in [1.54, 1.807) is 7.11 Å². The van der Waals surface area contributed by atoms with Crippen LogP contribution in [0.25, 0.3) is 0 Å². The summed E-state index contributed by atoms with van der Waals surface area (Å²) >= 11 is 0. The number of ether oxygens (including phenoxy) is 1. The molecule has 1 unspecified atom stereocenters. The Bertz CT molecular complexity index is 188. The number of hydrogen-bond acceptors (Lipinski definition) is 3. The second kappa shape index (κ2) is 6.58. The third kappa shape index (κ3) is 3.72. The molecule has 1 rings (SSSR count). The Balaban J connectivity index is 2.40. The standard InChI is InChI=1S/C13H28N2O/c1-4-12-5-7-13(10-14,8-6-12)15-9-11(2)16-3/h11-12,15H,4-10,14H2,1-3H3. The molecule has 0 radical (unpaired) electrons. The first kappa shape index (κ1) is 13.9. The number of methoxy groups -OCH3 is 1.